The van der Waals surface area contributed by atoms with Crippen molar-refractivity contribution in [2.45, 2.75) is 19.3 Å². The number of hydrogen-bond acceptors (Lipinski definition) is 4. The topological polar surface area (TPSA) is 44.8 Å². The van der Waals surface area contributed by atoms with E-state index in [4.69, 9.17) is 9.47 Å². The Kier molecular flexibility index (Phi) is 3.39. The Morgan fingerprint density at radius 2 is 2.46 bits per heavy atom. The van der Waals surface area contributed by atoms with Gasteiger partial charge >= 0.3 is 5.97 Å². The summed E-state index contributed by atoms with van der Waals surface area (Å²) < 4.78 is 27.2. The second kappa shape index (κ2) is 4.34. The number of carbonyl (C=O) groups excluding carboxylic acids is 1. The molecule has 4 nitrogen and oxygen atoms in total. The molecule has 0 aliphatic carbocycles. The Hall–Kier alpha value is -0.940. The molecule has 74 valence electrons. The van der Waals surface area contributed by atoms with Crippen molar-refractivity contribution >= 4 is 5.97 Å². The van der Waals surface area contributed by atoms with Gasteiger partial charge in [0.25, 0.3) is 6.29 Å². The van der Waals surface area contributed by atoms with Gasteiger partial charge in [0.15, 0.2) is 5.83 Å². The predicted octanol–water partition coefficient (Wildman–Crippen LogP) is 0.774. The third-order valence-corrected chi connectivity index (χ3v) is 1.47. The third kappa shape index (κ3) is 2.78. The number of esters is 1. The smallest absolute Gasteiger partial charge is 0.305 e. The molecule has 0 spiro atoms. The molecule has 0 saturated heterocycles. The van der Waals surface area contributed by atoms with Crippen molar-refractivity contribution in [2.75, 3.05) is 13.7 Å². The molecule has 1 heterocycles. The van der Waals surface area contributed by atoms with E-state index in [1.807, 2.05) is 0 Å². The summed E-state index contributed by atoms with van der Waals surface area (Å²) >= 11 is 0. The van der Waals surface area contributed by atoms with Crippen molar-refractivity contribution in [3.8, 4) is 0 Å². The zero-order valence-electron chi connectivity index (χ0n) is 7.45. The van der Waals surface area contributed by atoms with Crippen LogP contribution in [-0.2, 0) is 19.0 Å². The third-order valence-electron chi connectivity index (χ3n) is 1.47. The van der Waals surface area contributed by atoms with Crippen LogP contribution in [0.3, 0.4) is 0 Å². The summed E-state index contributed by atoms with van der Waals surface area (Å²) in [5.74, 6) is -1.16. The van der Waals surface area contributed by atoms with E-state index in [1.165, 1.54) is 20.1 Å². The predicted molar refractivity (Wildman–Crippen MR) is 41.5 cm³/mol. The Morgan fingerprint density at radius 1 is 1.77 bits per heavy atom. The van der Waals surface area contributed by atoms with E-state index in [0.29, 0.717) is 0 Å². The zero-order chi connectivity index (χ0) is 9.84. The van der Waals surface area contributed by atoms with Crippen LogP contribution < -0.4 is 0 Å². The highest BCUT2D eigenvalue weighted by Gasteiger charge is 2.29. The summed E-state index contributed by atoms with van der Waals surface area (Å²) in [6.07, 6.45) is -0.441. The number of rotatable bonds is 3. The normalized spacial score (nSPS) is 27.2. The van der Waals surface area contributed by atoms with Gasteiger partial charge < -0.3 is 14.2 Å². The standard InChI is InChI=1S/C8H11FO4/c1-5(10)12-8-7(9)3-6(13-8)4-11-2/h3,6,8H,4H2,1-2H3/t6-,8?/m1/s1. The Morgan fingerprint density at radius 3 is 3.00 bits per heavy atom. The molecular weight excluding hydrogens is 179 g/mol. The lowest BCUT2D eigenvalue weighted by Crippen LogP contribution is -2.21. The maximum absolute atomic E-state index is 12.9. The van der Waals surface area contributed by atoms with Crippen molar-refractivity contribution < 1.29 is 23.4 Å². The first kappa shape index (κ1) is 10.1. The molecule has 0 aromatic heterocycles. The number of hydrogen-bond donors (Lipinski definition) is 0. The van der Waals surface area contributed by atoms with Crippen molar-refractivity contribution in [1.82, 2.24) is 0 Å². The number of ether oxygens (including phenoxy) is 3. The van der Waals surface area contributed by atoms with Crippen LogP contribution in [0.2, 0.25) is 0 Å². The Bertz CT molecular complexity index is 226. The van der Waals surface area contributed by atoms with E-state index in [1.54, 1.807) is 0 Å². The van der Waals surface area contributed by atoms with Crippen molar-refractivity contribution in [2.24, 2.45) is 0 Å². The van der Waals surface area contributed by atoms with Crippen LogP contribution in [0.25, 0.3) is 0 Å². The van der Waals surface area contributed by atoms with E-state index in [0.717, 1.165) is 0 Å². The first-order valence-corrected chi connectivity index (χ1v) is 3.82. The van der Waals surface area contributed by atoms with Crippen LogP contribution in [0.5, 0.6) is 0 Å². The lowest BCUT2D eigenvalue weighted by atomic mass is 10.3. The molecule has 1 unspecified atom stereocenters. The van der Waals surface area contributed by atoms with Crippen LogP contribution in [0.4, 0.5) is 4.39 Å². The largest absolute Gasteiger partial charge is 0.429 e. The molecule has 1 rings (SSSR count). The molecule has 1 aliphatic rings. The molecule has 0 N–H and O–H groups in total. The lowest BCUT2D eigenvalue weighted by molar-refractivity contribution is -0.174. The van der Waals surface area contributed by atoms with E-state index in [-0.39, 0.29) is 6.61 Å². The highest BCUT2D eigenvalue weighted by Crippen LogP contribution is 2.21. The number of halogens is 1. The average molecular weight is 190 g/mol. The molecular formula is C8H11FO4. The van der Waals surface area contributed by atoms with Crippen molar-refractivity contribution in [1.29, 1.82) is 0 Å². The van der Waals surface area contributed by atoms with Gasteiger partial charge in [-0.2, -0.15) is 0 Å². The molecule has 0 saturated carbocycles. The van der Waals surface area contributed by atoms with E-state index < -0.39 is 24.2 Å². The SMILES string of the molecule is COC[C@H]1C=C(F)C(OC(C)=O)O1. The highest BCUT2D eigenvalue weighted by atomic mass is 19.1. The number of carbonyl (C=O) groups is 1. The van der Waals surface area contributed by atoms with Gasteiger partial charge in [-0.25, -0.2) is 4.39 Å². The zero-order valence-corrected chi connectivity index (χ0v) is 7.45. The van der Waals surface area contributed by atoms with Crippen LogP contribution >= 0.6 is 0 Å². The van der Waals surface area contributed by atoms with Gasteiger partial charge in [0.05, 0.1) is 6.61 Å². The van der Waals surface area contributed by atoms with Gasteiger partial charge in [0.1, 0.15) is 6.10 Å². The Balaban J connectivity index is 2.45. The van der Waals surface area contributed by atoms with Crippen LogP contribution in [0.15, 0.2) is 11.9 Å². The Labute approximate surface area is 75.3 Å². The molecule has 0 amide bonds. The second-order valence-electron chi connectivity index (χ2n) is 2.62. The average Bonchev–Trinajstić information content (AvgIpc) is 2.31. The lowest BCUT2D eigenvalue weighted by Gasteiger charge is -2.12. The first-order chi connectivity index (χ1) is 6.13. The van der Waals surface area contributed by atoms with Gasteiger partial charge in [-0.15, -0.1) is 0 Å². The number of methoxy groups -OCH3 is 1. The summed E-state index contributed by atoms with van der Waals surface area (Å²) in [4.78, 5) is 10.5. The fraction of sp³-hybridized carbons (Fsp3) is 0.625. The summed E-state index contributed by atoms with van der Waals surface area (Å²) in [7, 11) is 1.48. The van der Waals surface area contributed by atoms with Gasteiger partial charge in [-0.1, -0.05) is 0 Å². The summed E-state index contributed by atoms with van der Waals surface area (Å²) in [6, 6.07) is 0. The van der Waals surface area contributed by atoms with Crippen LogP contribution in [0.1, 0.15) is 6.92 Å². The van der Waals surface area contributed by atoms with Crippen LogP contribution in [0, 0.1) is 0 Å². The summed E-state index contributed by atoms with van der Waals surface area (Å²) in [6.45, 7) is 1.44. The van der Waals surface area contributed by atoms with Gasteiger partial charge in [-0.05, 0) is 6.08 Å². The fourth-order valence-corrected chi connectivity index (χ4v) is 1.01. The minimum absolute atomic E-state index is 0.241. The van der Waals surface area contributed by atoms with Crippen molar-refractivity contribution in [3.05, 3.63) is 11.9 Å². The quantitative estimate of drug-likeness (QED) is 0.617. The highest BCUT2D eigenvalue weighted by molar-refractivity contribution is 5.66. The summed E-state index contributed by atoms with van der Waals surface area (Å²) in [5.41, 5.74) is 0. The van der Waals surface area contributed by atoms with Crippen LogP contribution in [-0.4, -0.2) is 32.1 Å². The first-order valence-electron chi connectivity index (χ1n) is 3.82. The molecule has 2 atom stereocenters. The molecule has 0 bridgehead atoms. The fourth-order valence-electron chi connectivity index (χ4n) is 1.01. The molecule has 5 heteroatoms. The molecule has 13 heavy (non-hydrogen) atoms. The molecule has 1 aliphatic heterocycles. The molecule has 0 radical (unpaired) electrons. The monoisotopic (exact) mass is 190 g/mol. The summed E-state index contributed by atoms with van der Waals surface area (Å²) in [5, 5.41) is 0. The van der Waals surface area contributed by atoms with Gasteiger partial charge in [0, 0.05) is 14.0 Å². The molecule has 0 fully saturated rings. The molecule has 0 aromatic rings. The van der Waals surface area contributed by atoms with Gasteiger partial charge in [-0.3, -0.25) is 4.79 Å². The maximum atomic E-state index is 12.9. The minimum Gasteiger partial charge on any atom is -0.429 e. The minimum atomic E-state index is -1.20. The van der Waals surface area contributed by atoms with Crippen molar-refractivity contribution in [3.63, 3.8) is 0 Å². The van der Waals surface area contributed by atoms with E-state index in [9.17, 15) is 9.18 Å². The van der Waals surface area contributed by atoms with E-state index in [2.05, 4.69) is 4.74 Å². The maximum Gasteiger partial charge on any atom is 0.305 e. The second-order valence-corrected chi connectivity index (χ2v) is 2.62. The van der Waals surface area contributed by atoms with Gasteiger partial charge in [0.2, 0.25) is 0 Å². The molecule has 0 aromatic carbocycles. The van der Waals surface area contributed by atoms with E-state index >= 15 is 0 Å².